The Hall–Kier alpha value is -1.06. The number of nitrogens with one attached hydrogen (secondary N) is 1. The third-order valence-electron chi connectivity index (χ3n) is 3.03. The van der Waals surface area contributed by atoms with Gasteiger partial charge in [-0.1, -0.05) is 6.07 Å². The molecule has 1 aromatic rings. The number of aliphatic hydroxyl groups is 1. The van der Waals surface area contributed by atoms with Gasteiger partial charge in [0.15, 0.2) is 0 Å². The van der Waals surface area contributed by atoms with E-state index in [1.165, 1.54) is 11.1 Å². The topological polar surface area (TPSA) is 58.3 Å². The molecule has 0 fully saturated rings. The second kappa shape index (κ2) is 4.07. The van der Waals surface area contributed by atoms with Crippen molar-refractivity contribution >= 4 is 5.69 Å². The molecule has 1 atom stereocenters. The van der Waals surface area contributed by atoms with Crippen LogP contribution in [0.5, 0.6) is 0 Å². The van der Waals surface area contributed by atoms with Gasteiger partial charge in [-0.2, -0.15) is 0 Å². The van der Waals surface area contributed by atoms with E-state index in [1.807, 2.05) is 19.9 Å². The van der Waals surface area contributed by atoms with Gasteiger partial charge < -0.3 is 16.2 Å². The maximum Gasteiger partial charge on any atom is 0.0715 e. The zero-order valence-electron chi connectivity index (χ0n) is 9.96. The molecule has 0 saturated carbocycles. The second-order valence-corrected chi connectivity index (χ2v) is 5.24. The van der Waals surface area contributed by atoms with E-state index in [1.54, 1.807) is 0 Å². The summed E-state index contributed by atoms with van der Waals surface area (Å²) in [6, 6.07) is 6.46. The molecule has 1 aromatic carbocycles. The van der Waals surface area contributed by atoms with Gasteiger partial charge in [-0.15, -0.1) is 0 Å². The highest BCUT2D eigenvalue weighted by Gasteiger charge is 2.23. The number of hydrogen-bond donors (Lipinski definition) is 3. The predicted molar refractivity (Wildman–Crippen MR) is 66.2 cm³/mol. The first kappa shape index (κ1) is 11.4. The molecule has 2 rings (SSSR count). The van der Waals surface area contributed by atoms with Crippen molar-refractivity contribution in [1.82, 2.24) is 5.32 Å². The number of rotatable bonds is 3. The molecular weight excluding hydrogens is 200 g/mol. The highest BCUT2D eigenvalue weighted by Crippen LogP contribution is 2.32. The lowest BCUT2D eigenvalue weighted by atomic mass is 10.1. The first-order valence-electron chi connectivity index (χ1n) is 5.80. The maximum absolute atomic E-state index is 9.69. The lowest BCUT2D eigenvalue weighted by molar-refractivity contribution is 0.0764. The summed E-state index contributed by atoms with van der Waals surface area (Å²) in [6.07, 6.45) is 2.17. The minimum absolute atomic E-state index is 0.363. The van der Waals surface area contributed by atoms with Gasteiger partial charge in [-0.3, -0.25) is 0 Å². The van der Waals surface area contributed by atoms with Crippen molar-refractivity contribution < 1.29 is 5.11 Å². The molecule has 0 saturated heterocycles. The SMILES string of the molecule is CC(C)(O)CNC1CCc2cc(N)ccc21. The van der Waals surface area contributed by atoms with Gasteiger partial charge in [0.1, 0.15) is 0 Å². The van der Waals surface area contributed by atoms with Crippen molar-refractivity contribution in [1.29, 1.82) is 0 Å². The molecule has 1 aliphatic rings. The molecule has 3 heteroatoms. The van der Waals surface area contributed by atoms with E-state index in [0.29, 0.717) is 12.6 Å². The Morgan fingerprint density at radius 3 is 2.94 bits per heavy atom. The molecular formula is C13H20N2O. The van der Waals surface area contributed by atoms with Crippen LogP contribution in [0.3, 0.4) is 0 Å². The molecule has 0 amide bonds. The van der Waals surface area contributed by atoms with E-state index >= 15 is 0 Å². The average Bonchev–Trinajstić information content (AvgIpc) is 2.56. The molecule has 3 nitrogen and oxygen atoms in total. The third kappa shape index (κ3) is 2.54. The van der Waals surface area contributed by atoms with Crippen LogP contribution in [0.25, 0.3) is 0 Å². The molecule has 0 aromatic heterocycles. The normalized spacial score (nSPS) is 19.8. The lowest BCUT2D eigenvalue weighted by Crippen LogP contribution is -2.36. The summed E-state index contributed by atoms with van der Waals surface area (Å²) in [7, 11) is 0. The second-order valence-electron chi connectivity index (χ2n) is 5.24. The van der Waals surface area contributed by atoms with Gasteiger partial charge in [-0.25, -0.2) is 0 Å². The summed E-state index contributed by atoms with van der Waals surface area (Å²) in [5.41, 5.74) is 8.61. The van der Waals surface area contributed by atoms with Crippen molar-refractivity contribution in [2.45, 2.75) is 38.3 Å². The Balaban J connectivity index is 2.06. The van der Waals surface area contributed by atoms with Crippen LogP contribution < -0.4 is 11.1 Å². The van der Waals surface area contributed by atoms with E-state index in [-0.39, 0.29) is 0 Å². The Morgan fingerprint density at radius 2 is 2.25 bits per heavy atom. The van der Waals surface area contributed by atoms with Crippen molar-refractivity contribution in [3.63, 3.8) is 0 Å². The van der Waals surface area contributed by atoms with Crippen molar-refractivity contribution in [3.8, 4) is 0 Å². The predicted octanol–water partition coefficient (Wildman–Crippen LogP) is 1.62. The van der Waals surface area contributed by atoms with Gasteiger partial charge in [0.2, 0.25) is 0 Å². The maximum atomic E-state index is 9.69. The standard InChI is InChI=1S/C13H20N2O/c1-13(2,16)8-15-12-6-3-9-7-10(14)4-5-11(9)12/h4-5,7,12,15-16H,3,6,8,14H2,1-2H3. The van der Waals surface area contributed by atoms with Crippen molar-refractivity contribution in [2.24, 2.45) is 0 Å². The van der Waals surface area contributed by atoms with Gasteiger partial charge >= 0.3 is 0 Å². The largest absolute Gasteiger partial charge is 0.399 e. The number of benzene rings is 1. The monoisotopic (exact) mass is 220 g/mol. The minimum atomic E-state index is -0.656. The molecule has 0 spiro atoms. The lowest BCUT2D eigenvalue weighted by Gasteiger charge is -2.22. The van der Waals surface area contributed by atoms with E-state index in [2.05, 4.69) is 17.4 Å². The quantitative estimate of drug-likeness (QED) is 0.678. The molecule has 16 heavy (non-hydrogen) atoms. The van der Waals surface area contributed by atoms with Gasteiger partial charge in [0.05, 0.1) is 5.60 Å². The first-order valence-corrected chi connectivity index (χ1v) is 5.80. The summed E-state index contributed by atoms with van der Waals surface area (Å²) < 4.78 is 0. The summed E-state index contributed by atoms with van der Waals surface area (Å²) >= 11 is 0. The Kier molecular flexibility index (Phi) is 2.91. The van der Waals surface area contributed by atoms with Crippen LogP contribution in [0.2, 0.25) is 0 Å². The molecule has 88 valence electrons. The fraction of sp³-hybridized carbons (Fsp3) is 0.538. The fourth-order valence-electron chi connectivity index (χ4n) is 2.22. The number of nitrogens with two attached hydrogens (primary N) is 1. The smallest absolute Gasteiger partial charge is 0.0715 e. The molecule has 0 radical (unpaired) electrons. The summed E-state index contributed by atoms with van der Waals surface area (Å²) in [5.74, 6) is 0. The molecule has 0 aliphatic heterocycles. The summed E-state index contributed by atoms with van der Waals surface area (Å²) in [4.78, 5) is 0. The van der Waals surface area contributed by atoms with Gasteiger partial charge in [-0.05, 0) is 49.9 Å². The molecule has 1 unspecified atom stereocenters. The number of fused-ring (bicyclic) bond motifs is 1. The Labute approximate surface area is 96.7 Å². The number of anilines is 1. The molecule has 0 bridgehead atoms. The number of aryl methyl sites for hydroxylation is 1. The van der Waals surface area contributed by atoms with Gasteiger partial charge in [0, 0.05) is 18.3 Å². The Morgan fingerprint density at radius 1 is 1.50 bits per heavy atom. The first-order chi connectivity index (χ1) is 7.46. The van der Waals surface area contributed by atoms with Gasteiger partial charge in [0.25, 0.3) is 0 Å². The van der Waals surface area contributed by atoms with Crippen LogP contribution in [-0.4, -0.2) is 17.3 Å². The molecule has 1 aliphatic carbocycles. The van der Waals surface area contributed by atoms with Crippen LogP contribution in [0.4, 0.5) is 5.69 Å². The summed E-state index contributed by atoms with van der Waals surface area (Å²) in [6.45, 7) is 4.25. The number of hydrogen-bond acceptors (Lipinski definition) is 3. The van der Waals surface area contributed by atoms with E-state index in [4.69, 9.17) is 5.73 Å². The van der Waals surface area contributed by atoms with Crippen molar-refractivity contribution in [3.05, 3.63) is 29.3 Å². The molecule has 4 N–H and O–H groups in total. The fourth-order valence-corrected chi connectivity index (χ4v) is 2.22. The van der Waals surface area contributed by atoms with Crippen LogP contribution in [-0.2, 0) is 6.42 Å². The summed E-state index contributed by atoms with van der Waals surface area (Å²) in [5, 5.41) is 13.1. The average molecular weight is 220 g/mol. The van der Waals surface area contributed by atoms with E-state index in [0.717, 1.165) is 18.5 Å². The highest BCUT2D eigenvalue weighted by atomic mass is 16.3. The third-order valence-corrected chi connectivity index (χ3v) is 3.03. The van der Waals surface area contributed by atoms with Crippen LogP contribution in [0.15, 0.2) is 18.2 Å². The van der Waals surface area contributed by atoms with Crippen LogP contribution >= 0.6 is 0 Å². The van der Waals surface area contributed by atoms with Crippen molar-refractivity contribution in [2.75, 3.05) is 12.3 Å². The zero-order valence-corrected chi connectivity index (χ0v) is 9.96. The van der Waals surface area contributed by atoms with Crippen LogP contribution in [0, 0.1) is 0 Å². The van der Waals surface area contributed by atoms with E-state index in [9.17, 15) is 5.11 Å². The van der Waals surface area contributed by atoms with E-state index < -0.39 is 5.60 Å². The molecule has 0 heterocycles. The highest BCUT2D eigenvalue weighted by molar-refractivity contribution is 5.47. The Bertz CT molecular complexity index is 382. The minimum Gasteiger partial charge on any atom is -0.399 e. The van der Waals surface area contributed by atoms with Crippen LogP contribution in [0.1, 0.15) is 37.4 Å². The zero-order chi connectivity index (χ0) is 11.8. The number of nitrogen functional groups attached to an aromatic ring is 1.